The topological polar surface area (TPSA) is 66.7 Å². The van der Waals surface area contributed by atoms with Gasteiger partial charge in [-0.1, -0.05) is 12.1 Å². The Morgan fingerprint density at radius 3 is 2.57 bits per heavy atom. The van der Waals surface area contributed by atoms with E-state index in [0.29, 0.717) is 11.8 Å². The van der Waals surface area contributed by atoms with Crippen LogP contribution in [0.4, 0.5) is 4.79 Å². The van der Waals surface area contributed by atoms with E-state index in [0.717, 1.165) is 37.8 Å². The Morgan fingerprint density at radius 2 is 1.96 bits per heavy atom. The third-order valence-corrected chi connectivity index (χ3v) is 6.00. The van der Waals surface area contributed by atoms with Gasteiger partial charge in [0.1, 0.15) is 17.9 Å². The second-order valence-electron chi connectivity index (χ2n) is 8.02. The number of nitrogens with zero attached hydrogens (tertiary/aromatic N) is 6. The first kappa shape index (κ1) is 18.7. The second-order valence-corrected chi connectivity index (χ2v) is 8.02. The van der Waals surface area contributed by atoms with Crippen molar-refractivity contribution in [3.8, 4) is 5.75 Å². The van der Waals surface area contributed by atoms with E-state index in [-0.39, 0.29) is 12.1 Å². The van der Waals surface area contributed by atoms with Crippen LogP contribution in [0.1, 0.15) is 17.4 Å². The molecule has 150 valence electrons. The van der Waals surface area contributed by atoms with E-state index in [1.165, 1.54) is 5.56 Å². The molecule has 3 heterocycles. The normalized spacial score (nSPS) is 24.4. The van der Waals surface area contributed by atoms with Crippen LogP contribution in [0.3, 0.4) is 0 Å². The van der Waals surface area contributed by atoms with Crippen LogP contribution in [0.15, 0.2) is 30.6 Å². The van der Waals surface area contributed by atoms with Crippen molar-refractivity contribution in [1.82, 2.24) is 29.5 Å². The monoisotopic (exact) mass is 384 g/mol. The Bertz CT molecular complexity index is 833. The predicted molar refractivity (Wildman–Crippen MR) is 105 cm³/mol. The second kappa shape index (κ2) is 7.43. The maximum atomic E-state index is 12.9. The van der Waals surface area contributed by atoms with Gasteiger partial charge in [0.05, 0.1) is 19.7 Å². The lowest BCUT2D eigenvalue weighted by molar-refractivity contribution is 0.151. The average molecular weight is 384 g/mol. The lowest BCUT2D eigenvalue weighted by Gasteiger charge is -2.31. The summed E-state index contributed by atoms with van der Waals surface area (Å²) in [4.78, 5) is 19.0. The molecule has 8 nitrogen and oxygen atoms in total. The predicted octanol–water partition coefficient (Wildman–Crippen LogP) is 1.61. The molecule has 0 N–H and O–H groups in total. The van der Waals surface area contributed by atoms with Crippen molar-refractivity contribution >= 4 is 6.03 Å². The fraction of sp³-hybridized carbons (Fsp3) is 0.550. The minimum atomic E-state index is 0.0788. The van der Waals surface area contributed by atoms with E-state index in [1.807, 2.05) is 42.7 Å². The summed E-state index contributed by atoms with van der Waals surface area (Å²) in [6.07, 6.45) is 1.74. The highest BCUT2D eigenvalue weighted by Gasteiger charge is 2.49. The molecule has 28 heavy (non-hydrogen) atoms. The van der Waals surface area contributed by atoms with Gasteiger partial charge in [-0.15, -0.1) is 10.2 Å². The van der Waals surface area contributed by atoms with Gasteiger partial charge in [-0.05, 0) is 23.6 Å². The van der Waals surface area contributed by atoms with Gasteiger partial charge < -0.3 is 19.1 Å². The zero-order valence-corrected chi connectivity index (χ0v) is 16.9. The number of ether oxygens (including phenoxy) is 1. The lowest BCUT2D eigenvalue weighted by Crippen LogP contribution is -2.41. The minimum Gasteiger partial charge on any atom is -0.497 e. The molecule has 2 aliphatic rings. The first-order valence-electron chi connectivity index (χ1n) is 9.65. The maximum Gasteiger partial charge on any atom is 0.320 e. The van der Waals surface area contributed by atoms with Crippen molar-refractivity contribution < 1.29 is 9.53 Å². The number of aromatic nitrogens is 3. The highest BCUT2D eigenvalue weighted by Crippen LogP contribution is 2.45. The van der Waals surface area contributed by atoms with Crippen molar-refractivity contribution in [2.75, 3.05) is 40.8 Å². The number of rotatable bonds is 4. The van der Waals surface area contributed by atoms with E-state index >= 15 is 0 Å². The Hall–Kier alpha value is -2.61. The first-order chi connectivity index (χ1) is 13.5. The molecule has 2 aromatic rings. The Labute approximate surface area is 165 Å². The molecule has 3 atom stereocenters. The van der Waals surface area contributed by atoms with Crippen LogP contribution in [0.5, 0.6) is 5.75 Å². The van der Waals surface area contributed by atoms with Gasteiger partial charge in [-0.3, -0.25) is 4.90 Å². The van der Waals surface area contributed by atoms with Gasteiger partial charge in [-0.2, -0.15) is 0 Å². The van der Waals surface area contributed by atoms with E-state index < -0.39 is 0 Å². The fourth-order valence-corrected chi connectivity index (χ4v) is 4.60. The molecule has 2 saturated heterocycles. The van der Waals surface area contributed by atoms with Gasteiger partial charge in [0.15, 0.2) is 0 Å². The largest absolute Gasteiger partial charge is 0.497 e. The molecule has 2 amide bonds. The molecule has 0 aliphatic carbocycles. The van der Waals surface area contributed by atoms with Crippen LogP contribution in [0.25, 0.3) is 0 Å². The third kappa shape index (κ3) is 3.32. The number of amides is 2. The smallest absolute Gasteiger partial charge is 0.320 e. The number of hydrogen-bond acceptors (Lipinski definition) is 5. The van der Waals surface area contributed by atoms with Crippen molar-refractivity contribution in [2.45, 2.75) is 12.6 Å². The number of fused-ring (bicyclic) bond motifs is 1. The number of hydrogen-bond donors (Lipinski definition) is 0. The molecular weight excluding hydrogens is 356 g/mol. The number of aryl methyl sites for hydroxylation is 1. The van der Waals surface area contributed by atoms with Crippen LogP contribution in [0, 0.1) is 11.8 Å². The summed E-state index contributed by atoms with van der Waals surface area (Å²) in [5.74, 6) is 2.68. The fourth-order valence-electron chi connectivity index (χ4n) is 4.60. The van der Waals surface area contributed by atoms with Crippen LogP contribution in [-0.4, -0.2) is 76.3 Å². The lowest BCUT2D eigenvalue weighted by atomic mass is 9.89. The molecule has 0 radical (unpaired) electrons. The quantitative estimate of drug-likeness (QED) is 0.801. The Kier molecular flexibility index (Phi) is 4.97. The highest BCUT2D eigenvalue weighted by molar-refractivity contribution is 5.75. The summed E-state index contributed by atoms with van der Waals surface area (Å²) in [5.41, 5.74) is 1.17. The number of methoxy groups -OCH3 is 1. The molecule has 2 aliphatic heterocycles. The minimum absolute atomic E-state index is 0.0788. The van der Waals surface area contributed by atoms with Crippen molar-refractivity contribution in [3.05, 3.63) is 42.0 Å². The van der Waals surface area contributed by atoms with Gasteiger partial charge in [-0.25, -0.2) is 4.79 Å². The van der Waals surface area contributed by atoms with E-state index in [2.05, 4.69) is 27.2 Å². The number of likely N-dealkylation sites (tertiary alicyclic amines) is 2. The van der Waals surface area contributed by atoms with Crippen LogP contribution >= 0.6 is 0 Å². The van der Waals surface area contributed by atoms with Crippen LogP contribution in [-0.2, 0) is 13.6 Å². The number of carbonyl (C=O) groups excluding carboxylic acids is 1. The molecule has 1 aromatic carbocycles. The van der Waals surface area contributed by atoms with Crippen molar-refractivity contribution in [1.29, 1.82) is 0 Å². The number of carbonyl (C=O) groups is 1. The molecule has 0 unspecified atom stereocenters. The van der Waals surface area contributed by atoms with Crippen LogP contribution < -0.4 is 4.74 Å². The highest BCUT2D eigenvalue weighted by atomic mass is 16.5. The summed E-state index contributed by atoms with van der Waals surface area (Å²) in [6.45, 7) is 3.50. The Morgan fingerprint density at radius 1 is 1.21 bits per heavy atom. The number of urea groups is 1. The zero-order chi connectivity index (χ0) is 19.8. The molecule has 0 saturated carbocycles. The molecule has 0 spiro atoms. The van der Waals surface area contributed by atoms with E-state index in [4.69, 9.17) is 4.74 Å². The average Bonchev–Trinajstić information content (AvgIpc) is 3.36. The van der Waals surface area contributed by atoms with E-state index in [9.17, 15) is 4.79 Å². The molecule has 2 fully saturated rings. The zero-order valence-electron chi connectivity index (χ0n) is 16.9. The van der Waals surface area contributed by atoms with Crippen LogP contribution in [0.2, 0.25) is 0 Å². The first-order valence-corrected chi connectivity index (χ1v) is 9.65. The van der Waals surface area contributed by atoms with Gasteiger partial charge in [0.2, 0.25) is 0 Å². The molecule has 4 rings (SSSR count). The van der Waals surface area contributed by atoms with Gasteiger partial charge >= 0.3 is 6.03 Å². The molecule has 8 heteroatoms. The molecule has 1 aromatic heterocycles. The Balaban J connectivity index is 1.57. The standard InChI is InChI=1S/C20H28N6O2/c1-23(2)20(27)26-10-15-9-25(12-18-22-21-13-24(18)3)11-17(15)19(26)14-5-7-16(28-4)8-6-14/h5-8,13,15,17,19H,9-12H2,1-4H3/t15-,17-,19+/m1/s1. The van der Waals surface area contributed by atoms with Crippen molar-refractivity contribution in [3.63, 3.8) is 0 Å². The SMILES string of the molecule is COc1ccc([C@H]2[C@@H]3CN(Cc4nncn4C)C[C@@H]3CN2C(=O)N(C)C)cc1. The number of benzene rings is 1. The summed E-state index contributed by atoms with van der Waals surface area (Å²) in [6, 6.07) is 8.30. The molecule has 0 bridgehead atoms. The van der Waals surface area contributed by atoms with Crippen molar-refractivity contribution in [2.24, 2.45) is 18.9 Å². The summed E-state index contributed by atoms with van der Waals surface area (Å²) < 4.78 is 7.27. The third-order valence-electron chi connectivity index (χ3n) is 6.00. The summed E-state index contributed by atoms with van der Waals surface area (Å²) >= 11 is 0. The molecular formula is C20H28N6O2. The summed E-state index contributed by atoms with van der Waals surface area (Å²) in [7, 11) is 7.29. The maximum absolute atomic E-state index is 12.9. The summed E-state index contributed by atoms with van der Waals surface area (Å²) in [5, 5.41) is 8.21. The van der Waals surface area contributed by atoms with E-state index in [1.54, 1.807) is 18.3 Å². The van der Waals surface area contributed by atoms with Gasteiger partial charge in [0, 0.05) is 46.7 Å². The van der Waals surface area contributed by atoms with Gasteiger partial charge in [0.25, 0.3) is 0 Å².